The standard InChI is InChI=1S/C22H17NO4/c24-14-7-5-13(6-8-14)9-15-12-26-20-10-17-16-3-1-2-4-19(16)23-22(25)18(17)11-21(20)27-15/h1-8,10-11,15,24H,9,12H2,(H,23,25). The number of ether oxygens (including phenoxy) is 2. The van der Waals surface area contributed by atoms with Crippen molar-refractivity contribution in [2.75, 3.05) is 6.61 Å². The minimum absolute atomic E-state index is 0.143. The normalized spacial score (nSPS) is 15.9. The Morgan fingerprint density at radius 3 is 2.59 bits per heavy atom. The second-order valence-corrected chi connectivity index (χ2v) is 6.77. The third kappa shape index (κ3) is 2.77. The molecule has 1 aliphatic heterocycles. The third-order valence-corrected chi connectivity index (χ3v) is 4.91. The Balaban J connectivity index is 1.53. The predicted molar refractivity (Wildman–Crippen MR) is 104 cm³/mol. The van der Waals surface area contributed by atoms with E-state index in [-0.39, 0.29) is 17.4 Å². The van der Waals surface area contributed by atoms with Crippen molar-refractivity contribution in [3.05, 3.63) is 76.6 Å². The van der Waals surface area contributed by atoms with E-state index in [0.29, 0.717) is 29.9 Å². The maximum absolute atomic E-state index is 12.5. The highest BCUT2D eigenvalue weighted by molar-refractivity contribution is 6.06. The fourth-order valence-corrected chi connectivity index (χ4v) is 3.58. The summed E-state index contributed by atoms with van der Waals surface area (Å²) in [7, 11) is 0. The first-order valence-electron chi connectivity index (χ1n) is 8.83. The Morgan fingerprint density at radius 1 is 0.963 bits per heavy atom. The molecule has 0 amide bonds. The third-order valence-electron chi connectivity index (χ3n) is 4.91. The number of fused-ring (bicyclic) bond motifs is 4. The van der Waals surface area contributed by atoms with E-state index in [1.54, 1.807) is 18.2 Å². The van der Waals surface area contributed by atoms with E-state index in [4.69, 9.17) is 9.47 Å². The largest absolute Gasteiger partial charge is 0.508 e. The van der Waals surface area contributed by atoms with Crippen molar-refractivity contribution < 1.29 is 14.6 Å². The number of aromatic amines is 1. The zero-order valence-corrected chi connectivity index (χ0v) is 14.4. The van der Waals surface area contributed by atoms with Gasteiger partial charge in [0.1, 0.15) is 18.5 Å². The summed E-state index contributed by atoms with van der Waals surface area (Å²) >= 11 is 0. The molecule has 0 radical (unpaired) electrons. The van der Waals surface area contributed by atoms with E-state index in [1.165, 1.54) is 0 Å². The molecule has 1 aromatic heterocycles. The first kappa shape index (κ1) is 15.8. The van der Waals surface area contributed by atoms with Gasteiger partial charge in [0.15, 0.2) is 11.5 Å². The predicted octanol–water partition coefficient (Wildman–Crippen LogP) is 3.77. The lowest BCUT2D eigenvalue weighted by Gasteiger charge is -2.27. The van der Waals surface area contributed by atoms with Gasteiger partial charge < -0.3 is 19.6 Å². The van der Waals surface area contributed by atoms with E-state index in [0.717, 1.165) is 21.9 Å². The number of para-hydroxylation sites is 1. The van der Waals surface area contributed by atoms with Crippen LogP contribution in [0.3, 0.4) is 0 Å². The highest BCUT2D eigenvalue weighted by Gasteiger charge is 2.23. The van der Waals surface area contributed by atoms with Gasteiger partial charge in [-0.05, 0) is 35.9 Å². The van der Waals surface area contributed by atoms with E-state index >= 15 is 0 Å². The molecule has 0 saturated heterocycles. The Hall–Kier alpha value is -3.47. The quantitative estimate of drug-likeness (QED) is 0.535. The van der Waals surface area contributed by atoms with Gasteiger partial charge in [0.05, 0.1) is 5.39 Å². The number of aromatic nitrogens is 1. The van der Waals surface area contributed by atoms with E-state index in [9.17, 15) is 9.90 Å². The fourth-order valence-electron chi connectivity index (χ4n) is 3.58. The molecule has 27 heavy (non-hydrogen) atoms. The molecule has 0 bridgehead atoms. The van der Waals surface area contributed by atoms with Gasteiger partial charge in [0.25, 0.3) is 5.56 Å². The molecule has 1 unspecified atom stereocenters. The molecule has 5 nitrogen and oxygen atoms in total. The molecule has 0 fully saturated rings. The van der Waals surface area contributed by atoms with Crippen LogP contribution in [-0.2, 0) is 6.42 Å². The maximum atomic E-state index is 12.5. The highest BCUT2D eigenvalue weighted by atomic mass is 16.6. The van der Waals surface area contributed by atoms with Gasteiger partial charge in [-0.3, -0.25) is 4.79 Å². The van der Waals surface area contributed by atoms with Crippen LogP contribution in [0, 0.1) is 0 Å². The first-order valence-corrected chi connectivity index (χ1v) is 8.83. The molecule has 5 heteroatoms. The molecule has 0 saturated carbocycles. The van der Waals surface area contributed by atoms with Crippen LogP contribution in [0.25, 0.3) is 21.7 Å². The van der Waals surface area contributed by atoms with Crippen molar-refractivity contribution in [3.63, 3.8) is 0 Å². The molecule has 5 rings (SSSR count). The van der Waals surface area contributed by atoms with Crippen LogP contribution in [0.15, 0.2) is 65.5 Å². The first-order chi connectivity index (χ1) is 13.2. The molecule has 0 aliphatic carbocycles. The number of hydrogen-bond donors (Lipinski definition) is 2. The number of phenols is 1. The molecule has 1 aliphatic rings. The monoisotopic (exact) mass is 359 g/mol. The SMILES string of the molecule is O=c1[nH]c2ccccc2c2cc3c(cc12)OC(Cc1ccc(O)cc1)CO3. The highest BCUT2D eigenvalue weighted by Crippen LogP contribution is 2.37. The van der Waals surface area contributed by atoms with Gasteiger partial charge >= 0.3 is 0 Å². The molecule has 0 spiro atoms. The number of rotatable bonds is 2. The van der Waals surface area contributed by atoms with Crippen molar-refractivity contribution in [2.45, 2.75) is 12.5 Å². The van der Waals surface area contributed by atoms with Gasteiger partial charge in [-0.2, -0.15) is 0 Å². The molecule has 1 atom stereocenters. The van der Waals surface area contributed by atoms with Crippen molar-refractivity contribution in [1.29, 1.82) is 0 Å². The lowest BCUT2D eigenvalue weighted by atomic mass is 10.0. The van der Waals surface area contributed by atoms with E-state index in [1.807, 2.05) is 42.5 Å². The Labute approximate surface area is 154 Å². The Morgan fingerprint density at radius 2 is 1.74 bits per heavy atom. The molecule has 134 valence electrons. The molecule has 2 heterocycles. The average molecular weight is 359 g/mol. The number of aromatic hydroxyl groups is 1. The fraction of sp³-hybridized carbons (Fsp3) is 0.136. The summed E-state index contributed by atoms with van der Waals surface area (Å²) < 4.78 is 12.0. The topological polar surface area (TPSA) is 71.6 Å². The van der Waals surface area contributed by atoms with Gasteiger partial charge in [-0.25, -0.2) is 0 Å². The summed E-state index contributed by atoms with van der Waals surface area (Å²) in [5, 5.41) is 11.8. The summed E-state index contributed by atoms with van der Waals surface area (Å²) in [5.74, 6) is 1.47. The van der Waals surface area contributed by atoms with Crippen LogP contribution in [-0.4, -0.2) is 22.8 Å². The van der Waals surface area contributed by atoms with E-state index in [2.05, 4.69) is 4.98 Å². The van der Waals surface area contributed by atoms with Crippen molar-refractivity contribution in [1.82, 2.24) is 4.98 Å². The summed E-state index contributed by atoms with van der Waals surface area (Å²) in [6.45, 7) is 0.431. The zero-order chi connectivity index (χ0) is 18.4. The summed E-state index contributed by atoms with van der Waals surface area (Å²) in [5.41, 5.74) is 1.71. The average Bonchev–Trinajstić information content (AvgIpc) is 2.69. The number of benzene rings is 3. The lowest BCUT2D eigenvalue weighted by molar-refractivity contribution is 0.0916. The van der Waals surface area contributed by atoms with Crippen LogP contribution < -0.4 is 15.0 Å². The second-order valence-electron chi connectivity index (χ2n) is 6.77. The lowest BCUT2D eigenvalue weighted by Crippen LogP contribution is -2.31. The van der Waals surface area contributed by atoms with Gasteiger partial charge in [-0.1, -0.05) is 30.3 Å². The number of nitrogens with one attached hydrogen (secondary N) is 1. The Bertz CT molecular complexity index is 1210. The van der Waals surface area contributed by atoms with Crippen molar-refractivity contribution >= 4 is 21.7 Å². The molecule has 2 N–H and O–H groups in total. The molecular formula is C22H17NO4. The van der Waals surface area contributed by atoms with Crippen LogP contribution >= 0.6 is 0 Å². The molecular weight excluding hydrogens is 342 g/mol. The minimum atomic E-state index is -0.154. The molecule has 3 aromatic carbocycles. The summed E-state index contributed by atoms with van der Waals surface area (Å²) in [6.07, 6.45) is 0.505. The molecule has 4 aromatic rings. The van der Waals surface area contributed by atoms with Gasteiger partial charge in [0, 0.05) is 22.7 Å². The van der Waals surface area contributed by atoms with Crippen molar-refractivity contribution in [2.24, 2.45) is 0 Å². The van der Waals surface area contributed by atoms with Crippen LogP contribution in [0.2, 0.25) is 0 Å². The van der Waals surface area contributed by atoms with Crippen LogP contribution in [0.5, 0.6) is 17.2 Å². The number of hydrogen-bond acceptors (Lipinski definition) is 4. The maximum Gasteiger partial charge on any atom is 0.256 e. The summed E-state index contributed by atoms with van der Waals surface area (Å²) in [6, 6.07) is 18.4. The van der Waals surface area contributed by atoms with Crippen LogP contribution in [0.1, 0.15) is 5.56 Å². The Kier molecular flexibility index (Phi) is 3.53. The minimum Gasteiger partial charge on any atom is -0.508 e. The van der Waals surface area contributed by atoms with E-state index < -0.39 is 0 Å². The number of H-pyrrole nitrogens is 1. The number of phenolic OH excluding ortho intramolecular Hbond substituents is 1. The van der Waals surface area contributed by atoms with Gasteiger partial charge in [-0.15, -0.1) is 0 Å². The smallest absolute Gasteiger partial charge is 0.256 e. The van der Waals surface area contributed by atoms with Crippen molar-refractivity contribution in [3.8, 4) is 17.2 Å². The second kappa shape index (κ2) is 6.06. The van der Waals surface area contributed by atoms with Crippen LogP contribution in [0.4, 0.5) is 0 Å². The number of pyridine rings is 1. The van der Waals surface area contributed by atoms with Gasteiger partial charge in [0.2, 0.25) is 0 Å². The summed E-state index contributed by atoms with van der Waals surface area (Å²) in [4.78, 5) is 15.4. The zero-order valence-electron chi connectivity index (χ0n) is 14.4.